The Morgan fingerprint density at radius 1 is 0.957 bits per heavy atom. The van der Waals surface area contributed by atoms with E-state index in [4.69, 9.17) is 9.31 Å². The lowest BCUT2D eigenvalue weighted by molar-refractivity contribution is 0.00578. The first-order valence-corrected chi connectivity index (χ1v) is 11.7. The van der Waals surface area contributed by atoms with Crippen molar-refractivity contribution in [2.75, 3.05) is 0 Å². The summed E-state index contributed by atoms with van der Waals surface area (Å²) in [5.41, 5.74) is 2.08. The van der Waals surface area contributed by atoms with Crippen molar-refractivity contribution in [2.45, 2.75) is 71.9 Å². The number of rotatable bonds is 4. The van der Waals surface area contributed by atoms with Crippen LogP contribution in [0.3, 0.4) is 0 Å². The van der Waals surface area contributed by atoms with Gasteiger partial charge >= 0.3 is 7.12 Å². The number of allylic oxidation sites excluding steroid dienone is 2. The van der Waals surface area contributed by atoms with Crippen molar-refractivity contribution in [1.82, 2.24) is 0 Å². The minimum atomic E-state index is -1.58. The van der Waals surface area contributed by atoms with Gasteiger partial charge in [0.05, 0.1) is 19.3 Å². The van der Waals surface area contributed by atoms with Gasteiger partial charge in [0.15, 0.2) is 0 Å². The van der Waals surface area contributed by atoms with Crippen molar-refractivity contribution in [1.29, 1.82) is 0 Å². The van der Waals surface area contributed by atoms with E-state index in [0.717, 1.165) is 6.04 Å². The van der Waals surface area contributed by atoms with E-state index in [1.165, 1.54) is 16.2 Å². The molecule has 0 aliphatic carbocycles. The summed E-state index contributed by atoms with van der Waals surface area (Å²) in [7, 11) is -1.81. The molecule has 1 fully saturated rings. The Kier molecular flexibility index (Phi) is 5.01. The van der Waals surface area contributed by atoms with Gasteiger partial charge in [0.2, 0.25) is 0 Å². The smallest absolute Gasteiger partial charge is 0.400 e. The highest BCUT2D eigenvalue weighted by Gasteiger charge is 2.53. The zero-order valence-electron chi connectivity index (χ0n) is 16.0. The highest BCUT2D eigenvalue weighted by molar-refractivity contribution is 6.91. The molecule has 0 spiro atoms. The lowest BCUT2D eigenvalue weighted by Gasteiger charge is -2.32. The molecule has 0 saturated carbocycles. The quantitative estimate of drug-likeness (QED) is 0.753. The van der Waals surface area contributed by atoms with E-state index in [1.54, 1.807) is 0 Å². The normalized spacial score (nSPS) is 19.7. The Bertz CT molecular complexity index is 571. The van der Waals surface area contributed by atoms with Crippen molar-refractivity contribution >= 4 is 20.4 Å². The highest BCUT2D eigenvalue weighted by atomic mass is 28.3. The molecule has 0 bridgehead atoms. The van der Waals surface area contributed by atoms with Crippen LogP contribution in [0.15, 0.2) is 41.4 Å². The predicted molar refractivity (Wildman–Crippen MR) is 103 cm³/mol. The number of hydrogen-bond donors (Lipinski definition) is 0. The van der Waals surface area contributed by atoms with Gasteiger partial charge in [-0.05, 0) is 53.1 Å². The summed E-state index contributed by atoms with van der Waals surface area (Å²) >= 11 is 0. The molecule has 0 atom stereocenters. The van der Waals surface area contributed by atoms with Gasteiger partial charge in [0, 0.05) is 0 Å². The number of hydrogen-bond acceptors (Lipinski definition) is 2. The maximum atomic E-state index is 6.31. The summed E-state index contributed by atoms with van der Waals surface area (Å²) in [5.74, 6) is 0. The molecule has 1 aliphatic rings. The van der Waals surface area contributed by atoms with E-state index < -0.39 is 8.07 Å². The fourth-order valence-corrected chi connectivity index (χ4v) is 5.72. The minimum Gasteiger partial charge on any atom is -0.400 e. The molecule has 1 aromatic rings. The maximum Gasteiger partial charge on any atom is 0.490 e. The van der Waals surface area contributed by atoms with E-state index in [9.17, 15) is 0 Å². The minimum absolute atomic E-state index is 0.222. The molecule has 1 aliphatic heterocycles. The molecular formula is C19H31BO2Si. The molecule has 126 valence electrons. The molecule has 0 radical (unpaired) electrons. The second-order valence-electron chi connectivity index (χ2n) is 8.54. The van der Waals surface area contributed by atoms with E-state index in [2.05, 4.69) is 85.0 Å². The Hall–Kier alpha value is -0.838. The van der Waals surface area contributed by atoms with Gasteiger partial charge in [0.1, 0.15) is 0 Å². The first kappa shape index (κ1) is 18.5. The highest BCUT2D eigenvalue weighted by Crippen LogP contribution is 2.40. The first-order chi connectivity index (χ1) is 10.5. The van der Waals surface area contributed by atoms with E-state index in [1.807, 2.05) is 0 Å². The first-order valence-electron chi connectivity index (χ1n) is 8.54. The molecule has 1 heterocycles. The molecule has 2 rings (SSSR count). The molecule has 4 heteroatoms. The molecule has 1 saturated heterocycles. The topological polar surface area (TPSA) is 18.5 Å². The van der Waals surface area contributed by atoms with Crippen LogP contribution in [0, 0.1) is 0 Å². The zero-order chi connectivity index (χ0) is 17.5. The summed E-state index contributed by atoms with van der Waals surface area (Å²) in [4.78, 5) is 0. The molecular weight excluding hydrogens is 299 g/mol. The zero-order valence-corrected chi connectivity index (χ0v) is 17.0. The monoisotopic (exact) mass is 330 g/mol. The molecule has 2 nitrogen and oxygen atoms in total. The van der Waals surface area contributed by atoms with Crippen LogP contribution in [-0.2, 0) is 9.31 Å². The van der Waals surface area contributed by atoms with Gasteiger partial charge in [-0.25, -0.2) is 0 Å². The van der Waals surface area contributed by atoms with Gasteiger partial charge in [-0.3, -0.25) is 0 Å². The summed E-state index contributed by atoms with van der Waals surface area (Å²) in [6.45, 7) is 17.7. The Balaban J connectivity index is 2.27. The molecule has 0 aromatic heterocycles. The average Bonchev–Trinajstić information content (AvgIpc) is 2.65. The summed E-state index contributed by atoms with van der Waals surface area (Å²) < 4.78 is 12.6. The Morgan fingerprint density at radius 2 is 1.43 bits per heavy atom. The Morgan fingerprint density at radius 3 is 1.87 bits per heavy atom. The lowest BCUT2D eigenvalue weighted by Crippen LogP contribution is -2.43. The molecule has 0 amide bonds. The lowest BCUT2D eigenvalue weighted by atomic mass is 9.77. The summed E-state index contributed by atoms with van der Waals surface area (Å²) in [6, 6.07) is 12.0. The summed E-state index contributed by atoms with van der Waals surface area (Å²) in [6.07, 6.45) is 0. The van der Waals surface area contributed by atoms with E-state index in [0.29, 0.717) is 0 Å². The molecule has 0 unspecified atom stereocenters. The Labute approximate surface area is 143 Å². The van der Waals surface area contributed by atoms with Crippen LogP contribution in [0.5, 0.6) is 0 Å². The third-order valence-electron chi connectivity index (χ3n) is 5.37. The molecule has 23 heavy (non-hydrogen) atoms. The van der Waals surface area contributed by atoms with Crippen molar-refractivity contribution in [3.8, 4) is 0 Å². The van der Waals surface area contributed by atoms with Crippen LogP contribution in [0.4, 0.5) is 0 Å². The largest absolute Gasteiger partial charge is 0.490 e. The maximum absolute atomic E-state index is 6.31. The second-order valence-corrected chi connectivity index (χ2v) is 13.2. The van der Waals surface area contributed by atoms with Crippen LogP contribution in [0.25, 0.3) is 0 Å². The van der Waals surface area contributed by atoms with Gasteiger partial charge < -0.3 is 9.31 Å². The van der Waals surface area contributed by atoms with Crippen molar-refractivity contribution in [2.24, 2.45) is 0 Å². The van der Waals surface area contributed by atoms with Crippen LogP contribution < -0.4 is 5.19 Å². The standard InChI is InChI=1S/C19H31BO2Si/c1-15(2)17(20-21-18(3,4)19(5,6)22-20)14-23(7,8)16-12-10-9-11-13-16/h9-13H,14H2,1-8H3. The van der Waals surface area contributed by atoms with Gasteiger partial charge in [-0.2, -0.15) is 0 Å². The van der Waals surface area contributed by atoms with E-state index >= 15 is 0 Å². The van der Waals surface area contributed by atoms with Crippen molar-refractivity contribution in [3.63, 3.8) is 0 Å². The fourth-order valence-electron chi connectivity index (χ4n) is 2.95. The van der Waals surface area contributed by atoms with Crippen LogP contribution in [0.2, 0.25) is 19.1 Å². The SMILES string of the molecule is CC(C)=C(C[Si](C)(C)c1ccccc1)B1OC(C)(C)C(C)(C)O1. The van der Waals surface area contributed by atoms with Crippen molar-refractivity contribution in [3.05, 3.63) is 41.4 Å². The van der Waals surface area contributed by atoms with Gasteiger partial charge in [-0.15, -0.1) is 0 Å². The van der Waals surface area contributed by atoms with Crippen LogP contribution in [-0.4, -0.2) is 26.4 Å². The predicted octanol–water partition coefficient (Wildman–Crippen LogP) is 4.57. The van der Waals surface area contributed by atoms with Gasteiger partial charge in [0.25, 0.3) is 0 Å². The molecule has 0 N–H and O–H groups in total. The van der Waals surface area contributed by atoms with Crippen LogP contribution in [0.1, 0.15) is 41.5 Å². The average molecular weight is 330 g/mol. The fraction of sp³-hybridized carbons (Fsp3) is 0.579. The van der Waals surface area contributed by atoms with Crippen molar-refractivity contribution < 1.29 is 9.31 Å². The van der Waals surface area contributed by atoms with Gasteiger partial charge in [-0.1, -0.05) is 54.2 Å². The molecule has 1 aromatic carbocycles. The van der Waals surface area contributed by atoms with Crippen LogP contribution >= 0.6 is 0 Å². The van der Waals surface area contributed by atoms with E-state index in [-0.39, 0.29) is 18.3 Å². The summed E-state index contributed by atoms with van der Waals surface area (Å²) in [5, 5.41) is 1.48. The number of benzene rings is 1. The third-order valence-corrected chi connectivity index (χ3v) is 8.53. The third kappa shape index (κ3) is 3.81. The second kappa shape index (κ2) is 6.23.